The van der Waals surface area contributed by atoms with Gasteiger partial charge >= 0.3 is 0 Å². The number of rotatable bonds is 7. The van der Waals surface area contributed by atoms with Crippen molar-refractivity contribution in [2.24, 2.45) is 9.39 Å². The molecule has 1 N–H and O–H groups in total. The minimum atomic E-state index is -4.17. The minimum Gasteiger partial charge on any atom is -0.378 e. The van der Waals surface area contributed by atoms with Gasteiger partial charge in [-0.05, 0) is 66.6 Å². The molecule has 8 nitrogen and oxygen atoms in total. The van der Waals surface area contributed by atoms with Crippen LogP contribution in [-0.2, 0) is 21.4 Å². The first-order chi connectivity index (χ1) is 20.0. The second-order valence-corrected chi connectivity index (χ2v) is 12.2. The molecule has 5 rings (SSSR count). The number of anilines is 3. The SMILES string of the molecule is Cc1cc(N(C)C)ccc1N=C(C(=O)Nc1cc(Cl)ccc1Cl)C1=NS(=O)(=O)c2ccccc2N1Cc1ccccc1. The molecule has 0 bridgehead atoms. The summed E-state index contributed by atoms with van der Waals surface area (Å²) >= 11 is 12.5. The van der Waals surface area contributed by atoms with Crippen LogP contribution in [0.4, 0.5) is 22.7 Å². The van der Waals surface area contributed by atoms with Gasteiger partial charge < -0.3 is 15.1 Å². The van der Waals surface area contributed by atoms with Crippen LogP contribution in [0.3, 0.4) is 0 Å². The molecular formula is C31H27Cl2N5O3S. The van der Waals surface area contributed by atoms with Gasteiger partial charge in [0.25, 0.3) is 15.9 Å². The van der Waals surface area contributed by atoms with Gasteiger partial charge in [0.15, 0.2) is 11.5 Å². The number of para-hydroxylation sites is 1. The Kier molecular flexibility index (Phi) is 8.36. The third-order valence-electron chi connectivity index (χ3n) is 6.61. The van der Waals surface area contributed by atoms with E-state index >= 15 is 0 Å². The molecule has 0 fully saturated rings. The summed E-state index contributed by atoms with van der Waals surface area (Å²) in [6.45, 7) is 2.10. The number of nitrogens with zero attached hydrogens (tertiary/aromatic N) is 4. The zero-order valence-corrected chi connectivity index (χ0v) is 25.4. The second-order valence-electron chi connectivity index (χ2n) is 9.83. The molecule has 0 spiro atoms. The van der Waals surface area contributed by atoms with Crippen LogP contribution in [0.25, 0.3) is 0 Å². The molecule has 0 aromatic heterocycles. The highest BCUT2D eigenvalue weighted by Gasteiger charge is 2.36. The maximum absolute atomic E-state index is 14.0. The number of hydrogen-bond donors (Lipinski definition) is 1. The summed E-state index contributed by atoms with van der Waals surface area (Å²) in [5.41, 5.74) is 3.50. The maximum atomic E-state index is 14.0. The predicted octanol–water partition coefficient (Wildman–Crippen LogP) is 6.89. The van der Waals surface area contributed by atoms with Crippen molar-refractivity contribution in [3.05, 3.63) is 112 Å². The Balaban J connectivity index is 1.71. The molecule has 0 saturated heterocycles. The van der Waals surface area contributed by atoms with Crippen LogP contribution < -0.4 is 15.1 Å². The topological polar surface area (TPSA) is 94.4 Å². The summed E-state index contributed by atoms with van der Waals surface area (Å²) in [5, 5.41) is 3.37. The lowest BCUT2D eigenvalue weighted by Gasteiger charge is -2.31. The molecule has 4 aromatic carbocycles. The van der Waals surface area contributed by atoms with E-state index in [2.05, 4.69) is 9.71 Å². The summed E-state index contributed by atoms with van der Waals surface area (Å²) in [5.74, 6) is -0.828. The Hall–Kier alpha value is -4.18. The van der Waals surface area contributed by atoms with Crippen LogP contribution in [0.2, 0.25) is 10.0 Å². The smallest absolute Gasteiger partial charge is 0.286 e. The van der Waals surface area contributed by atoms with Crippen LogP contribution in [-0.4, -0.2) is 40.0 Å². The molecule has 11 heteroatoms. The first kappa shape index (κ1) is 29.3. The zero-order chi connectivity index (χ0) is 30.0. The van der Waals surface area contributed by atoms with Gasteiger partial charge in [0.05, 0.1) is 22.1 Å². The first-order valence-corrected chi connectivity index (χ1v) is 15.1. The molecule has 42 heavy (non-hydrogen) atoms. The van der Waals surface area contributed by atoms with Gasteiger partial charge in [0.2, 0.25) is 0 Å². The average Bonchev–Trinajstić information content (AvgIpc) is 2.96. The van der Waals surface area contributed by atoms with E-state index in [9.17, 15) is 13.2 Å². The number of benzene rings is 4. The highest BCUT2D eigenvalue weighted by atomic mass is 35.5. The number of carbonyl (C=O) groups excluding carboxylic acids is 1. The molecule has 1 heterocycles. The molecular weight excluding hydrogens is 593 g/mol. The Morgan fingerprint density at radius 1 is 0.952 bits per heavy atom. The summed E-state index contributed by atoms with van der Waals surface area (Å²) in [6.07, 6.45) is 0. The van der Waals surface area contributed by atoms with Crippen molar-refractivity contribution in [2.75, 3.05) is 29.2 Å². The summed E-state index contributed by atoms with van der Waals surface area (Å²) in [6, 6.07) is 26.3. The fraction of sp³-hybridized carbons (Fsp3) is 0.129. The van der Waals surface area contributed by atoms with Crippen LogP contribution in [0, 0.1) is 6.92 Å². The van der Waals surface area contributed by atoms with Crippen molar-refractivity contribution in [1.29, 1.82) is 0 Å². The lowest BCUT2D eigenvalue weighted by molar-refractivity contribution is -0.110. The average molecular weight is 621 g/mol. The molecule has 0 saturated carbocycles. The van der Waals surface area contributed by atoms with Crippen molar-refractivity contribution in [1.82, 2.24) is 0 Å². The van der Waals surface area contributed by atoms with Gasteiger partial charge in [-0.2, -0.15) is 8.42 Å². The Bertz CT molecular complexity index is 1840. The van der Waals surface area contributed by atoms with Crippen LogP contribution in [0.15, 0.2) is 105 Å². The number of carbonyl (C=O) groups is 1. The number of amides is 1. The van der Waals surface area contributed by atoms with Crippen molar-refractivity contribution < 1.29 is 13.2 Å². The highest BCUT2D eigenvalue weighted by molar-refractivity contribution is 7.90. The number of halogens is 2. The van der Waals surface area contributed by atoms with Gasteiger partial charge in [-0.25, -0.2) is 4.99 Å². The van der Waals surface area contributed by atoms with Gasteiger partial charge in [-0.15, -0.1) is 4.40 Å². The first-order valence-electron chi connectivity index (χ1n) is 12.9. The minimum absolute atomic E-state index is 0.0360. The monoisotopic (exact) mass is 619 g/mol. The summed E-state index contributed by atoms with van der Waals surface area (Å²) in [7, 11) is -0.327. The quantitative estimate of drug-likeness (QED) is 0.227. The predicted molar refractivity (Wildman–Crippen MR) is 171 cm³/mol. The number of hydrogen-bond acceptors (Lipinski definition) is 6. The van der Waals surface area contributed by atoms with Crippen LogP contribution in [0.5, 0.6) is 0 Å². The number of amidine groups is 1. The molecule has 4 aromatic rings. The number of aliphatic imine (C=N–C) groups is 1. The number of aryl methyl sites for hydroxylation is 1. The third-order valence-corrected chi connectivity index (χ3v) is 8.49. The van der Waals surface area contributed by atoms with Gasteiger partial charge in [-0.1, -0.05) is 65.7 Å². The number of fused-ring (bicyclic) bond motifs is 1. The summed E-state index contributed by atoms with van der Waals surface area (Å²) < 4.78 is 31.1. The normalized spacial score (nSPS) is 14.2. The van der Waals surface area contributed by atoms with Crippen LogP contribution >= 0.6 is 23.2 Å². The van der Waals surface area contributed by atoms with Gasteiger partial charge in [-0.3, -0.25) is 4.79 Å². The van der Waals surface area contributed by atoms with E-state index in [1.807, 2.05) is 68.4 Å². The van der Waals surface area contributed by atoms with E-state index in [1.165, 1.54) is 12.1 Å². The number of nitrogens with one attached hydrogen (secondary N) is 1. The van der Waals surface area contributed by atoms with E-state index in [0.717, 1.165) is 16.8 Å². The van der Waals surface area contributed by atoms with Crippen molar-refractivity contribution in [3.63, 3.8) is 0 Å². The lowest BCUT2D eigenvalue weighted by Crippen LogP contribution is -2.45. The molecule has 0 radical (unpaired) electrons. The fourth-order valence-corrected chi connectivity index (χ4v) is 6.00. The third kappa shape index (κ3) is 6.18. The molecule has 1 amide bonds. The maximum Gasteiger partial charge on any atom is 0.286 e. The van der Waals surface area contributed by atoms with Gasteiger partial charge in [0, 0.05) is 31.4 Å². The van der Waals surface area contributed by atoms with Crippen molar-refractivity contribution >= 4 is 73.4 Å². The summed E-state index contributed by atoms with van der Waals surface area (Å²) in [4.78, 5) is 22.4. The molecule has 0 unspecified atom stereocenters. The lowest BCUT2D eigenvalue weighted by atomic mass is 10.1. The zero-order valence-electron chi connectivity index (χ0n) is 23.0. The molecule has 0 aliphatic carbocycles. The fourth-order valence-electron chi connectivity index (χ4n) is 4.46. The Morgan fingerprint density at radius 2 is 1.67 bits per heavy atom. The van der Waals surface area contributed by atoms with Crippen LogP contribution in [0.1, 0.15) is 11.1 Å². The van der Waals surface area contributed by atoms with E-state index in [0.29, 0.717) is 16.4 Å². The number of sulfonamides is 1. The Morgan fingerprint density at radius 3 is 2.38 bits per heavy atom. The molecule has 1 aliphatic rings. The second kappa shape index (κ2) is 12.0. The largest absolute Gasteiger partial charge is 0.378 e. The van der Waals surface area contributed by atoms with Crippen molar-refractivity contribution in [2.45, 2.75) is 18.4 Å². The molecule has 1 aliphatic heterocycles. The van der Waals surface area contributed by atoms with E-state index < -0.39 is 15.9 Å². The highest BCUT2D eigenvalue weighted by Crippen LogP contribution is 2.34. The standard InChI is InChI=1S/C31H27Cl2N5O3S/c1-20-17-23(37(2)3)14-16-25(20)34-29(31(39)35-26-18-22(32)13-15-24(26)33)30-36-42(40,41)28-12-8-7-11-27(28)38(30)19-21-9-5-4-6-10-21/h4-18H,19H2,1-3H3,(H,35,39). The molecule has 0 atom stereocenters. The Labute approximate surface area is 255 Å². The van der Waals surface area contributed by atoms with Crippen molar-refractivity contribution in [3.8, 4) is 0 Å². The van der Waals surface area contributed by atoms with E-state index in [-0.39, 0.29) is 33.7 Å². The van der Waals surface area contributed by atoms with E-state index in [4.69, 9.17) is 28.2 Å². The van der Waals surface area contributed by atoms with E-state index in [1.54, 1.807) is 41.3 Å². The molecule has 214 valence electrons. The van der Waals surface area contributed by atoms with Gasteiger partial charge in [0.1, 0.15) is 4.90 Å².